The van der Waals surface area contributed by atoms with Crippen molar-refractivity contribution >= 4 is 17.8 Å². The summed E-state index contributed by atoms with van der Waals surface area (Å²) >= 11 is 0. The Labute approximate surface area is 178 Å². The van der Waals surface area contributed by atoms with Crippen molar-refractivity contribution in [2.24, 2.45) is 0 Å². The van der Waals surface area contributed by atoms with Crippen LogP contribution in [0.1, 0.15) is 61.6 Å². The molecule has 0 aromatic heterocycles. The van der Waals surface area contributed by atoms with Gasteiger partial charge < -0.3 is 15.4 Å². The molecule has 7 heteroatoms. The molecule has 1 aliphatic carbocycles. The van der Waals surface area contributed by atoms with Gasteiger partial charge in [-0.1, -0.05) is 18.9 Å². The molecule has 164 valence electrons. The summed E-state index contributed by atoms with van der Waals surface area (Å²) in [5, 5.41) is 5.74. The fourth-order valence-corrected chi connectivity index (χ4v) is 4.32. The highest BCUT2D eigenvalue weighted by molar-refractivity contribution is 6.07. The minimum absolute atomic E-state index is 0.0692. The topological polar surface area (TPSA) is 87.7 Å². The molecule has 1 saturated heterocycles. The van der Waals surface area contributed by atoms with E-state index < -0.39 is 5.54 Å². The molecule has 4 amide bonds. The number of urea groups is 1. The molecule has 2 N–H and O–H groups in total. The van der Waals surface area contributed by atoms with Crippen molar-refractivity contribution in [1.29, 1.82) is 0 Å². The van der Waals surface area contributed by atoms with Gasteiger partial charge in [0.15, 0.2) is 0 Å². The van der Waals surface area contributed by atoms with Gasteiger partial charge in [-0.3, -0.25) is 14.5 Å². The second-order valence-corrected chi connectivity index (χ2v) is 8.54. The first-order valence-corrected chi connectivity index (χ1v) is 10.9. The Bertz CT molecular complexity index is 815. The molecule has 0 atom stereocenters. The lowest BCUT2D eigenvalue weighted by Gasteiger charge is -2.19. The quantitative estimate of drug-likeness (QED) is 0.479. The van der Waals surface area contributed by atoms with E-state index in [1.165, 1.54) is 16.0 Å². The van der Waals surface area contributed by atoms with Crippen LogP contribution in [0.15, 0.2) is 12.1 Å². The van der Waals surface area contributed by atoms with Gasteiger partial charge in [-0.25, -0.2) is 4.79 Å². The molecule has 1 saturated carbocycles. The number of carbonyl (C=O) groups excluding carboxylic acids is 3. The smallest absolute Gasteiger partial charge is 0.325 e. The van der Waals surface area contributed by atoms with Crippen LogP contribution < -0.4 is 15.4 Å². The Balaban J connectivity index is 1.31. The summed E-state index contributed by atoms with van der Waals surface area (Å²) in [6.07, 6.45) is 4.86. The van der Waals surface area contributed by atoms with Crippen molar-refractivity contribution < 1.29 is 19.1 Å². The molecule has 1 heterocycles. The number of amides is 4. The normalized spacial score (nSPS) is 17.5. The van der Waals surface area contributed by atoms with Crippen LogP contribution in [0.3, 0.4) is 0 Å². The number of imide groups is 1. The minimum atomic E-state index is -0.673. The predicted molar refractivity (Wildman–Crippen MR) is 114 cm³/mol. The molecular formula is C23H33N3O4. The van der Waals surface area contributed by atoms with Crippen molar-refractivity contribution in [3.63, 3.8) is 0 Å². The second kappa shape index (κ2) is 9.49. The number of hydrogen-bond acceptors (Lipinski definition) is 4. The van der Waals surface area contributed by atoms with Gasteiger partial charge in [0.2, 0.25) is 5.91 Å². The van der Waals surface area contributed by atoms with E-state index in [9.17, 15) is 14.4 Å². The van der Waals surface area contributed by atoms with E-state index >= 15 is 0 Å². The van der Waals surface area contributed by atoms with Crippen LogP contribution in [-0.2, 0) is 9.59 Å². The summed E-state index contributed by atoms with van der Waals surface area (Å²) in [7, 11) is 0. The molecule has 2 fully saturated rings. The number of rotatable bonds is 9. The van der Waals surface area contributed by atoms with Gasteiger partial charge in [0.25, 0.3) is 5.91 Å². The monoisotopic (exact) mass is 415 g/mol. The first-order valence-electron chi connectivity index (χ1n) is 10.9. The third kappa shape index (κ3) is 4.94. The van der Waals surface area contributed by atoms with E-state index in [0.717, 1.165) is 37.0 Å². The van der Waals surface area contributed by atoms with Crippen molar-refractivity contribution in [1.82, 2.24) is 15.5 Å². The molecule has 1 spiro atoms. The van der Waals surface area contributed by atoms with Crippen LogP contribution in [-0.4, -0.2) is 48.0 Å². The van der Waals surface area contributed by atoms with Crippen LogP contribution in [0, 0.1) is 20.8 Å². The average Bonchev–Trinajstić information content (AvgIpc) is 3.25. The zero-order valence-corrected chi connectivity index (χ0v) is 18.3. The second-order valence-electron chi connectivity index (χ2n) is 8.54. The fourth-order valence-electron chi connectivity index (χ4n) is 4.32. The number of nitrogens with zero attached hydrogens (tertiary/aromatic N) is 1. The van der Waals surface area contributed by atoms with Crippen LogP contribution in [0.5, 0.6) is 5.75 Å². The van der Waals surface area contributed by atoms with Crippen LogP contribution >= 0.6 is 0 Å². The first kappa shape index (κ1) is 22.1. The van der Waals surface area contributed by atoms with E-state index in [2.05, 4.69) is 23.6 Å². The molecule has 3 rings (SSSR count). The maximum atomic E-state index is 12.6. The van der Waals surface area contributed by atoms with Crippen molar-refractivity contribution in [3.05, 3.63) is 28.8 Å². The molecule has 7 nitrogen and oxygen atoms in total. The van der Waals surface area contributed by atoms with E-state index in [0.29, 0.717) is 32.4 Å². The fraction of sp³-hybridized carbons (Fsp3) is 0.609. The van der Waals surface area contributed by atoms with E-state index in [1.54, 1.807) is 0 Å². The zero-order valence-electron chi connectivity index (χ0n) is 18.3. The Morgan fingerprint density at radius 3 is 2.63 bits per heavy atom. The summed E-state index contributed by atoms with van der Waals surface area (Å²) in [6, 6.07) is 3.85. The van der Waals surface area contributed by atoms with Gasteiger partial charge in [0.05, 0.1) is 6.61 Å². The van der Waals surface area contributed by atoms with E-state index in [1.807, 2.05) is 19.9 Å². The van der Waals surface area contributed by atoms with Crippen LogP contribution in [0.25, 0.3) is 0 Å². The number of nitrogens with one attached hydrogen (secondary N) is 2. The van der Waals surface area contributed by atoms with Gasteiger partial charge in [-0.2, -0.15) is 0 Å². The molecular weight excluding hydrogens is 382 g/mol. The first-order chi connectivity index (χ1) is 14.3. The molecule has 0 unspecified atom stereocenters. The largest absolute Gasteiger partial charge is 0.493 e. The number of aryl methyl sites for hydroxylation is 2. The van der Waals surface area contributed by atoms with Gasteiger partial charge in [0.1, 0.15) is 11.3 Å². The lowest BCUT2D eigenvalue weighted by atomic mass is 9.98. The summed E-state index contributed by atoms with van der Waals surface area (Å²) in [5.41, 5.74) is 2.85. The third-order valence-electron chi connectivity index (χ3n) is 6.15. The standard InChI is InChI=1S/C23H33N3O4/c1-16-14-17(2)18(3)19(15-16)30-13-7-11-24-20(27)8-6-12-26-21(28)23(25-22(26)29)9-4-5-10-23/h14-15H,4-13H2,1-3H3,(H,24,27)(H,25,29). The minimum Gasteiger partial charge on any atom is -0.493 e. The third-order valence-corrected chi connectivity index (χ3v) is 6.15. The van der Waals surface area contributed by atoms with Gasteiger partial charge in [-0.15, -0.1) is 0 Å². The number of benzene rings is 1. The molecule has 30 heavy (non-hydrogen) atoms. The maximum Gasteiger partial charge on any atom is 0.325 e. The van der Waals surface area contributed by atoms with Gasteiger partial charge >= 0.3 is 6.03 Å². The molecule has 2 aliphatic rings. The molecule has 0 bridgehead atoms. The van der Waals surface area contributed by atoms with Crippen LogP contribution in [0.2, 0.25) is 0 Å². The van der Waals surface area contributed by atoms with Crippen molar-refractivity contribution in [3.8, 4) is 5.75 Å². The van der Waals surface area contributed by atoms with Gasteiger partial charge in [0, 0.05) is 19.5 Å². The number of carbonyl (C=O) groups is 3. The lowest BCUT2D eigenvalue weighted by Crippen LogP contribution is -2.44. The Morgan fingerprint density at radius 1 is 1.17 bits per heavy atom. The Morgan fingerprint density at radius 2 is 1.90 bits per heavy atom. The summed E-state index contributed by atoms with van der Waals surface area (Å²) < 4.78 is 5.86. The predicted octanol–water partition coefficient (Wildman–Crippen LogP) is 3.14. The average molecular weight is 416 g/mol. The summed E-state index contributed by atoms with van der Waals surface area (Å²) in [5.74, 6) is 0.705. The number of ether oxygens (including phenoxy) is 1. The molecule has 1 aromatic carbocycles. The SMILES string of the molecule is Cc1cc(C)c(C)c(OCCCNC(=O)CCCN2C(=O)NC3(CCCC3)C2=O)c1. The van der Waals surface area contributed by atoms with Gasteiger partial charge in [-0.05, 0) is 69.2 Å². The summed E-state index contributed by atoms with van der Waals surface area (Å²) in [6.45, 7) is 7.53. The molecule has 1 aromatic rings. The highest BCUT2D eigenvalue weighted by Gasteiger charge is 2.51. The highest BCUT2D eigenvalue weighted by Crippen LogP contribution is 2.35. The lowest BCUT2D eigenvalue weighted by molar-refractivity contribution is -0.131. The molecule has 1 aliphatic heterocycles. The van der Waals surface area contributed by atoms with E-state index in [-0.39, 0.29) is 24.4 Å². The Hall–Kier alpha value is -2.57. The summed E-state index contributed by atoms with van der Waals surface area (Å²) in [4.78, 5) is 38.0. The Kier molecular flexibility index (Phi) is 7.00. The van der Waals surface area contributed by atoms with Crippen molar-refractivity contribution in [2.75, 3.05) is 19.7 Å². The highest BCUT2D eigenvalue weighted by atomic mass is 16.5. The maximum absolute atomic E-state index is 12.6. The zero-order chi connectivity index (χ0) is 21.7. The van der Waals surface area contributed by atoms with Crippen molar-refractivity contribution in [2.45, 2.75) is 71.3 Å². The van der Waals surface area contributed by atoms with E-state index in [4.69, 9.17) is 4.74 Å². The molecule has 0 radical (unpaired) electrons. The van der Waals surface area contributed by atoms with Crippen LogP contribution in [0.4, 0.5) is 4.79 Å². The number of hydrogen-bond donors (Lipinski definition) is 2.